The molecule has 1 aromatic carbocycles. The third-order valence-corrected chi connectivity index (χ3v) is 3.65. The van der Waals surface area contributed by atoms with Crippen molar-refractivity contribution < 1.29 is 14.6 Å². The number of fused-ring (bicyclic) bond motifs is 1. The van der Waals surface area contributed by atoms with Gasteiger partial charge in [-0.05, 0) is 24.3 Å². The Morgan fingerprint density at radius 3 is 2.74 bits per heavy atom. The molecule has 1 aliphatic heterocycles. The van der Waals surface area contributed by atoms with Crippen LogP contribution in [-0.4, -0.2) is 29.6 Å². The molecule has 0 aliphatic carbocycles. The largest absolute Gasteiger partial charge is 0.383 e. The van der Waals surface area contributed by atoms with Gasteiger partial charge in [0.25, 0.3) is 0 Å². The van der Waals surface area contributed by atoms with E-state index in [0.717, 1.165) is 17.2 Å². The number of hydrogen-bond acceptors (Lipinski definition) is 4. The number of carbonyl (C=O) groups is 1. The molecule has 0 saturated carbocycles. The van der Waals surface area contributed by atoms with Crippen molar-refractivity contribution in [2.45, 2.75) is 18.4 Å². The molecule has 1 saturated heterocycles. The first kappa shape index (κ1) is 12.3. The van der Waals surface area contributed by atoms with Crippen LogP contribution in [0.5, 0.6) is 0 Å². The quantitative estimate of drug-likeness (QED) is 0.836. The molecule has 3 rings (SSSR count). The van der Waals surface area contributed by atoms with Crippen molar-refractivity contribution in [2.24, 2.45) is 0 Å². The molecule has 0 amide bonds. The van der Waals surface area contributed by atoms with Crippen molar-refractivity contribution in [1.82, 2.24) is 4.98 Å². The summed E-state index contributed by atoms with van der Waals surface area (Å²) in [5, 5.41) is 11.5. The zero-order chi connectivity index (χ0) is 13.3. The molecule has 0 unspecified atom stereocenters. The maximum atomic E-state index is 10.7. The Balaban J connectivity index is 2.04. The van der Waals surface area contributed by atoms with E-state index in [9.17, 15) is 9.90 Å². The van der Waals surface area contributed by atoms with Gasteiger partial charge in [0.05, 0.1) is 11.2 Å². The fourth-order valence-corrected chi connectivity index (χ4v) is 2.44. The molecule has 1 aliphatic rings. The molecule has 2 heterocycles. The summed E-state index contributed by atoms with van der Waals surface area (Å²) in [6, 6.07) is 9.08. The van der Waals surface area contributed by atoms with Gasteiger partial charge in [0.15, 0.2) is 0 Å². The van der Waals surface area contributed by atoms with Crippen LogP contribution in [0.4, 0.5) is 0 Å². The predicted octanol–water partition coefficient (Wildman–Crippen LogP) is 2.05. The van der Waals surface area contributed by atoms with Crippen molar-refractivity contribution >= 4 is 17.2 Å². The van der Waals surface area contributed by atoms with E-state index in [1.165, 1.54) is 0 Å². The van der Waals surface area contributed by atoms with Crippen LogP contribution in [0.3, 0.4) is 0 Å². The van der Waals surface area contributed by atoms with Crippen LogP contribution < -0.4 is 0 Å². The van der Waals surface area contributed by atoms with Gasteiger partial charge in [0, 0.05) is 37.0 Å². The number of aliphatic hydroxyl groups is 1. The summed E-state index contributed by atoms with van der Waals surface area (Å²) in [6.07, 6.45) is 1.95. The number of benzene rings is 1. The Morgan fingerprint density at radius 1 is 1.21 bits per heavy atom. The normalized spacial score (nSPS) is 18.4. The Kier molecular flexibility index (Phi) is 3.05. The SMILES string of the molecule is O=Cc1ccc2nc(C3(O)CCOCC3)ccc2c1. The molecule has 1 N–H and O–H groups in total. The van der Waals surface area contributed by atoms with Gasteiger partial charge in [-0.3, -0.25) is 4.79 Å². The van der Waals surface area contributed by atoms with E-state index in [1.54, 1.807) is 12.1 Å². The van der Waals surface area contributed by atoms with Gasteiger partial charge in [-0.15, -0.1) is 0 Å². The predicted molar refractivity (Wildman–Crippen MR) is 71.1 cm³/mol. The van der Waals surface area contributed by atoms with E-state index >= 15 is 0 Å². The van der Waals surface area contributed by atoms with Crippen LogP contribution in [0.15, 0.2) is 30.3 Å². The second kappa shape index (κ2) is 4.72. The highest BCUT2D eigenvalue weighted by Crippen LogP contribution is 2.31. The molecule has 0 bridgehead atoms. The number of pyridine rings is 1. The lowest BCUT2D eigenvalue weighted by molar-refractivity contribution is -0.0703. The zero-order valence-electron chi connectivity index (χ0n) is 10.5. The maximum absolute atomic E-state index is 10.7. The molecule has 0 atom stereocenters. The molecule has 0 radical (unpaired) electrons. The summed E-state index contributed by atoms with van der Waals surface area (Å²) in [4.78, 5) is 15.3. The molecule has 4 heteroatoms. The Hall–Kier alpha value is -1.78. The highest BCUT2D eigenvalue weighted by Gasteiger charge is 2.33. The number of carbonyl (C=O) groups excluding carboxylic acids is 1. The second-order valence-electron chi connectivity index (χ2n) is 4.91. The average molecular weight is 257 g/mol. The minimum absolute atomic E-state index is 0.556. The summed E-state index contributed by atoms with van der Waals surface area (Å²) in [5.41, 5.74) is 1.22. The molecule has 2 aromatic rings. The van der Waals surface area contributed by atoms with E-state index in [-0.39, 0.29) is 0 Å². The van der Waals surface area contributed by atoms with Gasteiger partial charge in [-0.25, -0.2) is 4.98 Å². The lowest BCUT2D eigenvalue weighted by Crippen LogP contribution is -2.34. The minimum atomic E-state index is -0.893. The van der Waals surface area contributed by atoms with E-state index < -0.39 is 5.60 Å². The van der Waals surface area contributed by atoms with Gasteiger partial charge < -0.3 is 9.84 Å². The average Bonchev–Trinajstić information content (AvgIpc) is 2.47. The molecule has 1 aromatic heterocycles. The first-order chi connectivity index (χ1) is 9.21. The molecular weight excluding hydrogens is 242 g/mol. The fraction of sp³-hybridized carbons (Fsp3) is 0.333. The maximum Gasteiger partial charge on any atom is 0.150 e. The van der Waals surface area contributed by atoms with Crippen molar-refractivity contribution in [3.8, 4) is 0 Å². The zero-order valence-corrected chi connectivity index (χ0v) is 10.5. The molecule has 0 spiro atoms. The number of aldehydes is 1. The Labute approximate surface area is 111 Å². The van der Waals surface area contributed by atoms with Crippen LogP contribution >= 0.6 is 0 Å². The number of aromatic nitrogens is 1. The number of hydrogen-bond donors (Lipinski definition) is 1. The van der Waals surface area contributed by atoms with Crippen molar-refractivity contribution in [3.05, 3.63) is 41.6 Å². The van der Waals surface area contributed by atoms with Crippen LogP contribution in [-0.2, 0) is 10.3 Å². The lowest BCUT2D eigenvalue weighted by Gasteiger charge is -2.31. The van der Waals surface area contributed by atoms with Gasteiger partial charge in [-0.2, -0.15) is 0 Å². The first-order valence-electron chi connectivity index (χ1n) is 6.38. The van der Waals surface area contributed by atoms with Gasteiger partial charge in [-0.1, -0.05) is 6.07 Å². The Morgan fingerprint density at radius 2 is 2.00 bits per heavy atom. The minimum Gasteiger partial charge on any atom is -0.383 e. The van der Waals surface area contributed by atoms with Crippen molar-refractivity contribution in [2.75, 3.05) is 13.2 Å². The Bertz CT molecular complexity index is 618. The molecule has 4 nitrogen and oxygen atoms in total. The summed E-state index contributed by atoms with van der Waals surface area (Å²) < 4.78 is 5.28. The van der Waals surface area contributed by atoms with E-state index in [4.69, 9.17) is 4.74 Å². The van der Waals surface area contributed by atoms with E-state index in [1.807, 2.05) is 18.2 Å². The standard InChI is InChI=1S/C15H15NO3/c17-10-11-1-3-13-12(9-11)2-4-14(16-13)15(18)5-7-19-8-6-15/h1-4,9-10,18H,5-8H2. The van der Waals surface area contributed by atoms with Gasteiger partial charge in [0.1, 0.15) is 11.9 Å². The topological polar surface area (TPSA) is 59.4 Å². The lowest BCUT2D eigenvalue weighted by atomic mass is 9.90. The molecule has 1 fully saturated rings. The monoisotopic (exact) mass is 257 g/mol. The molecule has 19 heavy (non-hydrogen) atoms. The van der Waals surface area contributed by atoms with Gasteiger partial charge in [0.2, 0.25) is 0 Å². The highest BCUT2D eigenvalue weighted by molar-refractivity contribution is 5.86. The van der Waals surface area contributed by atoms with Crippen LogP contribution in [0.1, 0.15) is 28.9 Å². The van der Waals surface area contributed by atoms with Crippen LogP contribution in [0.25, 0.3) is 10.9 Å². The van der Waals surface area contributed by atoms with E-state index in [2.05, 4.69) is 4.98 Å². The number of ether oxygens (including phenoxy) is 1. The summed E-state index contributed by atoms with van der Waals surface area (Å²) >= 11 is 0. The second-order valence-corrected chi connectivity index (χ2v) is 4.91. The first-order valence-corrected chi connectivity index (χ1v) is 6.38. The van der Waals surface area contributed by atoms with Gasteiger partial charge >= 0.3 is 0 Å². The van der Waals surface area contributed by atoms with Crippen molar-refractivity contribution in [3.63, 3.8) is 0 Å². The van der Waals surface area contributed by atoms with Crippen molar-refractivity contribution in [1.29, 1.82) is 0 Å². The summed E-state index contributed by atoms with van der Waals surface area (Å²) in [5.74, 6) is 0. The fourth-order valence-electron chi connectivity index (χ4n) is 2.44. The van der Waals surface area contributed by atoms with Crippen LogP contribution in [0, 0.1) is 0 Å². The summed E-state index contributed by atoms with van der Waals surface area (Å²) in [6.45, 7) is 1.11. The third kappa shape index (κ3) is 2.25. The third-order valence-electron chi connectivity index (χ3n) is 3.65. The molecule has 98 valence electrons. The summed E-state index contributed by atoms with van der Waals surface area (Å²) in [7, 11) is 0. The number of nitrogens with zero attached hydrogens (tertiary/aromatic N) is 1. The van der Waals surface area contributed by atoms with Crippen LogP contribution in [0.2, 0.25) is 0 Å². The molecular formula is C15H15NO3. The number of rotatable bonds is 2. The smallest absolute Gasteiger partial charge is 0.150 e. The highest BCUT2D eigenvalue weighted by atomic mass is 16.5. The van der Waals surface area contributed by atoms with E-state index in [0.29, 0.717) is 37.3 Å².